The van der Waals surface area contributed by atoms with Crippen molar-refractivity contribution >= 4 is 38.7 Å². The zero-order chi connectivity index (χ0) is 22.1. The van der Waals surface area contributed by atoms with Crippen LogP contribution in [0.3, 0.4) is 0 Å². The average molecular weight is 436 g/mol. The summed E-state index contributed by atoms with van der Waals surface area (Å²) in [4.78, 5) is 33.1. The largest absolute Gasteiger partial charge is 0.490 e. The van der Waals surface area contributed by atoms with Crippen LogP contribution < -0.4 is 9.64 Å². The van der Waals surface area contributed by atoms with Crippen molar-refractivity contribution in [2.24, 2.45) is 0 Å². The highest BCUT2D eigenvalue weighted by molar-refractivity contribution is 7.22. The molecule has 0 radical (unpaired) electrons. The maximum atomic E-state index is 12.3. The molecule has 9 heteroatoms. The lowest BCUT2D eigenvalue weighted by atomic mass is 10.2. The highest BCUT2D eigenvalue weighted by atomic mass is 32.1. The maximum Gasteiger partial charge on any atom is 0.410 e. The molecule has 1 aliphatic rings. The molecule has 164 valence electrons. The van der Waals surface area contributed by atoms with Crippen molar-refractivity contribution in [3.63, 3.8) is 0 Å². The molecule has 2 aromatic rings. The van der Waals surface area contributed by atoms with Gasteiger partial charge in [-0.05, 0) is 40.7 Å². The van der Waals surface area contributed by atoms with Crippen molar-refractivity contribution in [1.82, 2.24) is 9.88 Å². The smallest absolute Gasteiger partial charge is 0.410 e. The van der Waals surface area contributed by atoms with Crippen molar-refractivity contribution in [3.05, 3.63) is 17.7 Å². The number of nitrogens with zero attached hydrogens (tertiary/aromatic N) is 3. The van der Waals surface area contributed by atoms with Gasteiger partial charge in [0, 0.05) is 32.2 Å². The van der Waals surface area contributed by atoms with Crippen LogP contribution in [0.25, 0.3) is 10.2 Å². The zero-order valence-electron chi connectivity index (χ0n) is 18.4. The molecule has 1 fully saturated rings. The second-order valence-electron chi connectivity index (χ2n) is 8.43. The van der Waals surface area contributed by atoms with Crippen molar-refractivity contribution < 1.29 is 23.8 Å². The van der Waals surface area contributed by atoms with Gasteiger partial charge < -0.3 is 24.0 Å². The highest BCUT2D eigenvalue weighted by Crippen LogP contribution is 2.35. The molecule has 1 aromatic heterocycles. The standard InChI is InChI=1S/C21H29N3O5S/c1-13(2)28-16-12-15-17(11-14(16)18(25)27-6)30-19(22-15)23-7-9-24(10-8-23)20(26)29-21(3,4)5/h11-13H,7-10H2,1-6H3. The Morgan fingerprint density at radius 2 is 1.80 bits per heavy atom. The number of aromatic nitrogens is 1. The van der Waals surface area contributed by atoms with Crippen LogP contribution in [-0.4, -0.2) is 66.9 Å². The number of methoxy groups -OCH3 is 1. The average Bonchev–Trinajstić information content (AvgIpc) is 3.08. The van der Waals surface area contributed by atoms with Gasteiger partial charge in [0.05, 0.1) is 23.4 Å². The number of carbonyl (C=O) groups excluding carboxylic acids is 2. The number of hydrogen-bond donors (Lipinski definition) is 0. The van der Waals surface area contributed by atoms with Gasteiger partial charge in [-0.2, -0.15) is 0 Å². The summed E-state index contributed by atoms with van der Waals surface area (Å²) in [6.45, 7) is 11.9. The van der Waals surface area contributed by atoms with E-state index in [1.807, 2.05) is 34.6 Å². The number of benzene rings is 1. The molecule has 1 amide bonds. The van der Waals surface area contributed by atoms with Crippen LogP contribution in [0.4, 0.5) is 9.93 Å². The van der Waals surface area contributed by atoms with Crippen LogP contribution in [0.1, 0.15) is 45.0 Å². The third-order valence-electron chi connectivity index (χ3n) is 4.45. The van der Waals surface area contributed by atoms with Gasteiger partial charge in [-0.25, -0.2) is 14.6 Å². The number of carbonyl (C=O) groups is 2. The third-order valence-corrected chi connectivity index (χ3v) is 5.53. The Morgan fingerprint density at radius 3 is 2.37 bits per heavy atom. The number of ether oxygens (including phenoxy) is 3. The van der Waals surface area contributed by atoms with E-state index in [4.69, 9.17) is 19.2 Å². The fourth-order valence-electron chi connectivity index (χ4n) is 3.11. The molecule has 0 atom stereocenters. The molecule has 3 rings (SSSR count). The maximum absolute atomic E-state index is 12.3. The summed E-state index contributed by atoms with van der Waals surface area (Å²) in [7, 11) is 1.36. The summed E-state index contributed by atoms with van der Waals surface area (Å²) in [5, 5.41) is 0.853. The lowest BCUT2D eigenvalue weighted by Crippen LogP contribution is -2.50. The normalized spacial score (nSPS) is 14.9. The molecule has 0 aliphatic carbocycles. The van der Waals surface area contributed by atoms with Crippen LogP contribution in [0, 0.1) is 0 Å². The molecule has 30 heavy (non-hydrogen) atoms. The van der Waals surface area contributed by atoms with Crippen LogP contribution >= 0.6 is 11.3 Å². The SMILES string of the molecule is COC(=O)c1cc2sc(N3CCN(C(=O)OC(C)(C)C)CC3)nc2cc1OC(C)C. The molecular formula is C21H29N3O5S. The van der Waals surface area contributed by atoms with Gasteiger partial charge in [-0.1, -0.05) is 11.3 Å². The number of anilines is 1. The van der Waals surface area contributed by atoms with E-state index in [2.05, 4.69) is 4.90 Å². The van der Waals surface area contributed by atoms with Crippen molar-refractivity contribution in [3.8, 4) is 5.75 Å². The number of rotatable bonds is 4. The summed E-state index contributed by atoms with van der Waals surface area (Å²) < 4.78 is 17.0. The van der Waals surface area contributed by atoms with E-state index in [0.717, 1.165) is 15.3 Å². The van der Waals surface area contributed by atoms with Gasteiger partial charge in [0.2, 0.25) is 0 Å². The Hall–Kier alpha value is -2.55. The lowest BCUT2D eigenvalue weighted by Gasteiger charge is -2.35. The summed E-state index contributed by atoms with van der Waals surface area (Å²) in [5.74, 6) is 0.0319. The molecule has 8 nitrogen and oxygen atoms in total. The first-order chi connectivity index (χ1) is 14.1. The molecule has 1 saturated heterocycles. The molecule has 0 N–H and O–H groups in total. The van der Waals surface area contributed by atoms with E-state index < -0.39 is 11.6 Å². The third kappa shape index (κ3) is 5.13. The van der Waals surface area contributed by atoms with Gasteiger partial charge in [0.25, 0.3) is 0 Å². The summed E-state index contributed by atoms with van der Waals surface area (Å²) in [5.41, 5.74) is 0.658. The lowest BCUT2D eigenvalue weighted by molar-refractivity contribution is 0.0240. The number of hydrogen-bond acceptors (Lipinski definition) is 8. The highest BCUT2D eigenvalue weighted by Gasteiger charge is 2.27. The quantitative estimate of drug-likeness (QED) is 0.673. The van der Waals surface area contributed by atoms with Gasteiger partial charge in [0.15, 0.2) is 5.13 Å². The Labute approximate surface area is 180 Å². The minimum absolute atomic E-state index is 0.0788. The number of amides is 1. The molecular weight excluding hydrogens is 406 g/mol. The predicted molar refractivity (Wildman–Crippen MR) is 117 cm³/mol. The van der Waals surface area contributed by atoms with Gasteiger partial charge >= 0.3 is 12.1 Å². The van der Waals surface area contributed by atoms with Crippen molar-refractivity contribution in [2.75, 3.05) is 38.2 Å². The topological polar surface area (TPSA) is 81.2 Å². The fourth-order valence-corrected chi connectivity index (χ4v) is 4.14. The predicted octanol–water partition coefficient (Wildman–Crippen LogP) is 3.93. The van der Waals surface area contributed by atoms with Crippen LogP contribution in [0.15, 0.2) is 12.1 Å². The van der Waals surface area contributed by atoms with Crippen molar-refractivity contribution in [1.29, 1.82) is 0 Å². The number of fused-ring (bicyclic) bond motifs is 1. The molecule has 0 bridgehead atoms. The Balaban J connectivity index is 1.78. The van der Waals surface area contributed by atoms with Gasteiger partial charge in [-0.3, -0.25) is 0 Å². The number of piperazine rings is 1. The fraction of sp³-hybridized carbons (Fsp3) is 0.571. The minimum atomic E-state index is -0.506. The monoisotopic (exact) mass is 435 g/mol. The molecule has 0 saturated carbocycles. The molecule has 1 aromatic carbocycles. The molecule has 0 unspecified atom stereocenters. The Morgan fingerprint density at radius 1 is 1.13 bits per heavy atom. The van der Waals surface area contributed by atoms with E-state index in [0.29, 0.717) is 37.5 Å². The zero-order valence-corrected chi connectivity index (χ0v) is 19.2. The first-order valence-corrected chi connectivity index (χ1v) is 10.8. The Kier molecular flexibility index (Phi) is 6.40. The van der Waals surface area contributed by atoms with Crippen LogP contribution in [-0.2, 0) is 9.47 Å². The van der Waals surface area contributed by atoms with Crippen LogP contribution in [0.2, 0.25) is 0 Å². The molecule has 2 heterocycles. The van der Waals surface area contributed by atoms with E-state index in [-0.39, 0.29) is 12.2 Å². The first-order valence-electron chi connectivity index (χ1n) is 10.00. The first kappa shape index (κ1) is 22.1. The second-order valence-corrected chi connectivity index (χ2v) is 9.43. The van der Waals surface area contributed by atoms with Gasteiger partial charge in [0.1, 0.15) is 16.9 Å². The van der Waals surface area contributed by atoms with E-state index in [1.165, 1.54) is 18.4 Å². The second kappa shape index (κ2) is 8.67. The summed E-state index contributed by atoms with van der Waals surface area (Å²) in [6, 6.07) is 3.57. The molecule has 0 spiro atoms. The Bertz CT molecular complexity index is 927. The van der Waals surface area contributed by atoms with Gasteiger partial charge in [-0.15, -0.1) is 0 Å². The summed E-state index contributed by atoms with van der Waals surface area (Å²) in [6.07, 6.45) is -0.366. The van der Waals surface area contributed by atoms with E-state index in [1.54, 1.807) is 17.0 Å². The molecule has 1 aliphatic heterocycles. The van der Waals surface area contributed by atoms with E-state index in [9.17, 15) is 9.59 Å². The van der Waals surface area contributed by atoms with Crippen LogP contribution in [0.5, 0.6) is 5.75 Å². The van der Waals surface area contributed by atoms with E-state index >= 15 is 0 Å². The minimum Gasteiger partial charge on any atom is -0.490 e. The number of esters is 1. The summed E-state index contributed by atoms with van der Waals surface area (Å²) >= 11 is 1.51. The van der Waals surface area contributed by atoms with Crippen molar-refractivity contribution in [2.45, 2.75) is 46.3 Å². The number of thiazole rings is 1.